The molecule has 0 N–H and O–H groups in total. The Bertz CT molecular complexity index is 394. The fourth-order valence-corrected chi connectivity index (χ4v) is 1.27. The number of allylic oxidation sites excluding steroid dienone is 1. The second kappa shape index (κ2) is 5.95. The van der Waals surface area contributed by atoms with Crippen LogP contribution in [0.5, 0.6) is 5.75 Å². The van der Waals surface area contributed by atoms with Crippen LogP contribution in [0, 0.1) is 6.92 Å². The zero-order valence-corrected chi connectivity index (χ0v) is 9.82. The Balaban J connectivity index is 2.93. The molecule has 1 aromatic rings. The summed E-state index contributed by atoms with van der Waals surface area (Å²) < 4.78 is 10.2. The third kappa shape index (κ3) is 3.12. The molecule has 1 aromatic carbocycles. The SMILES string of the molecule is CC=CCOc1ccc(C)cc1C(=O)OC. The van der Waals surface area contributed by atoms with Gasteiger partial charge < -0.3 is 9.47 Å². The number of rotatable bonds is 4. The van der Waals surface area contributed by atoms with E-state index >= 15 is 0 Å². The summed E-state index contributed by atoms with van der Waals surface area (Å²) in [6, 6.07) is 5.44. The topological polar surface area (TPSA) is 35.5 Å². The van der Waals surface area contributed by atoms with Crippen LogP contribution in [0.1, 0.15) is 22.8 Å². The van der Waals surface area contributed by atoms with Crippen molar-refractivity contribution in [2.45, 2.75) is 13.8 Å². The van der Waals surface area contributed by atoms with Gasteiger partial charge in [-0.1, -0.05) is 23.8 Å². The summed E-state index contributed by atoms with van der Waals surface area (Å²) in [5.41, 5.74) is 1.46. The molecule has 0 bridgehead atoms. The summed E-state index contributed by atoms with van der Waals surface area (Å²) in [6.45, 7) is 4.28. The number of carbonyl (C=O) groups excluding carboxylic acids is 1. The summed E-state index contributed by atoms with van der Waals surface area (Å²) in [5, 5.41) is 0. The van der Waals surface area contributed by atoms with Gasteiger partial charge in [-0.2, -0.15) is 0 Å². The average molecular weight is 220 g/mol. The van der Waals surface area contributed by atoms with E-state index in [4.69, 9.17) is 9.47 Å². The van der Waals surface area contributed by atoms with Gasteiger partial charge in [-0.05, 0) is 26.0 Å². The maximum atomic E-state index is 11.5. The molecule has 0 aliphatic heterocycles. The van der Waals surface area contributed by atoms with Gasteiger partial charge in [-0.25, -0.2) is 4.79 Å². The summed E-state index contributed by atoms with van der Waals surface area (Å²) in [5.74, 6) is 0.176. The molecule has 86 valence electrons. The first-order valence-corrected chi connectivity index (χ1v) is 5.12. The van der Waals surface area contributed by atoms with Crippen molar-refractivity contribution in [2.75, 3.05) is 13.7 Å². The highest BCUT2D eigenvalue weighted by molar-refractivity contribution is 5.92. The first-order valence-electron chi connectivity index (χ1n) is 5.12. The summed E-state index contributed by atoms with van der Waals surface area (Å²) in [6.07, 6.45) is 3.77. The van der Waals surface area contributed by atoms with Crippen LogP contribution in [0.4, 0.5) is 0 Å². The molecular formula is C13H16O3. The molecule has 1 rings (SSSR count). The third-order valence-corrected chi connectivity index (χ3v) is 2.11. The molecule has 0 aliphatic carbocycles. The molecule has 16 heavy (non-hydrogen) atoms. The second-order valence-electron chi connectivity index (χ2n) is 3.37. The van der Waals surface area contributed by atoms with E-state index < -0.39 is 0 Å². The smallest absolute Gasteiger partial charge is 0.341 e. The highest BCUT2D eigenvalue weighted by atomic mass is 16.5. The van der Waals surface area contributed by atoms with Gasteiger partial charge in [0, 0.05) is 0 Å². The number of esters is 1. The molecule has 0 aliphatic rings. The number of hydrogen-bond acceptors (Lipinski definition) is 3. The molecule has 0 amide bonds. The van der Waals surface area contributed by atoms with Crippen LogP contribution in [-0.4, -0.2) is 19.7 Å². The molecule has 0 heterocycles. The first-order chi connectivity index (χ1) is 7.69. The van der Waals surface area contributed by atoms with Crippen LogP contribution in [-0.2, 0) is 4.74 Å². The van der Waals surface area contributed by atoms with Gasteiger partial charge in [-0.15, -0.1) is 0 Å². The van der Waals surface area contributed by atoms with Gasteiger partial charge in [0.1, 0.15) is 17.9 Å². The number of benzene rings is 1. The van der Waals surface area contributed by atoms with Crippen molar-refractivity contribution in [3.63, 3.8) is 0 Å². The lowest BCUT2D eigenvalue weighted by Gasteiger charge is -2.09. The van der Waals surface area contributed by atoms with Crippen molar-refractivity contribution < 1.29 is 14.3 Å². The van der Waals surface area contributed by atoms with Crippen LogP contribution in [0.15, 0.2) is 30.4 Å². The van der Waals surface area contributed by atoms with E-state index in [0.717, 1.165) is 5.56 Å². The Morgan fingerprint density at radius 3 is 2.81 bits per heavy atom. The summed E-state index contributed by atoms with van der Waals surface area (Å²) in [4.78, 5) is 11.5. The monoisotopic (exact) mass is 220 g/mol. The largest absolute Gasteiger partial charge is 0.489 e. The number of methoxy groups -OCH3 is 1. The maximum absolute atomic E-state index is 11.5. The molecular weight excluding hydrogens is 204 g/mol. The third-order valence-electron chi connectivity index (χ3n) is 2.11. The predicted molar refractivity (Wildman–Crippen MR) is 62.8 cm³/mol. The molecule has 0 atom stereocenters. The molecule has 0 spiro atoms. The van der Waals surface area contributed by atoms with Gasteiger partial charge in [0.2, 0.25) is 0 Å². The summed E-state index contributed by atoms with van der Waals surface area (Å²) in [7, 11) is 1.36. The van der Waals surface area contributed by atoms with Crippen LogP contribution in [0.25, 0.3) is 0 Å². The first kappa shape index (κ1) is 12.3. The average Bonchev–Trinajstić information content (AvgIpc) is 2.30. The Morgan fingerprint density at radius 2 is 2.19 bits per heavy atom. The highest BCUT2D eigenvalue weighted by Gasteiger charge is 2.12. The fourth-order valence-electron chi connectivity index (χ4n) is 1.27. The minimum absolute atomic E-state index is 0.376. The minimum Gasteiger partial charge on any atom is -0.489 e. The van der Waals surface area contributed by atoms with Crippen LogP contribution in [0.2, 0.25) is 0 Å². The van der Waals surface area contributed by atoms with Crippen molar-refractivity contribution >= 4 is 5.97 Å². The van der Waals surface area contributed by atoms with Crippen molar-refractivity contribution in [3.8, 4) is 5.75 Å². The molecule has 0 saturated carbocycles. The normalized spacial score (nSPS) is 10.4. The Hall–Kier alpha value is -1.77. The lowest BCUT2D eigenvalue weighted by Crippen LogP contribution is -2.06. The van der Waals surface area contributed by atoms with Crippen LogP contribution < -0.4 is 4.74 Å². The number of aryl methyl sites for hydroxylation is 1. The van der Waals surface area contributed by atoms with E-state index in [2.05, 4.69) is 0 Å². The minimum atomic E-state index is -0.376. The Kier molecular flexibility index (Phi) is 4.58. The number of ether oxygens (including phenoxy) is 2. The van der Waals surface area contributed by atoms with Gasteiger partial charge in [0.15, 0.2) is 0 Å². The molecule has 3 nitrogen and oxygen atoms in total. The number of hydrogen-bond donors (Lipinski definition) is 0. The quantitative estimate of drug-likeness (QED) is 0.578. The maximum Gasteiger partial charge on any atom is 0.341 e. The van der Waals surface area contributed by atoms with E-state index in [0.29, 0.717) is 17.9 Å². The Morgan fingerprint density at radius 1 is 1.44 bits per heavy atom. The summed E-state index contributed by atoms with van der Waals surface area (Å²) >= 11 is 0. The fraction of sp³-hybridized carbons (Fsp3) is 0.308. The van der Waals surface area contributed by atoms with E-state index in [1.807, 2.05) is 32.1 Å². The second-order valence-corrected chi connectivity index (χ2v) is 3.37. The highest BCUT2D eigenvalue weighted by Crippen LogP contribution is 2.20. The van der Waals surface area contributed by atoms with E-state index in [-0.39, 0.29) is 5.97 Å². The molecule has 3 heteroatoms. The molecule has 0 aromatic heterocycles. The van der Waals surface area contributed by atoms with Gasteiger partial charge in [-0.3, -0.25) is 0 Å². The van der Waals surface area contributed by atoms with Crippen molar-refractivity contribution in [1.29, 1.82) is 0 Å². The standard InChI is InChI=1S/C13H16O3/c1-4-5-8-16-12-7-6-10(2)9-11(12)13(14)15-3/h4-7,9H,8H2,1-3H3. The molecule has 0 unspecified atom stereocenters. The predicted octanol–water partition coefficient (Wildman–Crippen LogP) is 2.74. The molecule has 0 saturated heterocycles. The van der Waals surface area contributed by atoms with Crippen LogP contribution >= 0.6 is 0 Å². The van der Waals surface area contributed by atoms with E-state index in [1.165, 1.54) is 7.11 Å². The van der Waals surface area contributed by atoms with Crippen molar-refractivity contribution in [1.82, 2.24) is 0 Å². The lowest BCUT2D eigenvalue weighted by atomic mass is 10.1. The van der Waals surface area contributed by atoms with Crippen LogP contribution in [0.3, 0.4) is 0 Å². The van der Waals surface area contributed by atoms with Gasteiger partial charge >= 0.3 is 5.97 Å². The number of carbonyl (C=O) groups is 1. The van der Waals surface area contributed by atoms with Crippen molar-refractivity contribution in [2.24, 2.45) is 0 Å². The zero-order valence-electron chi connectivity index (χ0n) is 9.82. The van der Waals surface area contributed by atoms with Gasteiger partial charge in [0.25, 0.3) is 0 Å². The Labute approximate surface area is 95.7 Å². The van der Waals surface area contributed by atoms with E-state index in [9.17, 15) is 4.79 Å². The molecule has 0 fully saturated rings. The van der Waals surface area contributed by atoms with Gasteiger partial charge in [0.05, 0.1) is 7.11 Å². The molecule has 0 radical (unpaired) electrons. The zero-order chi connectivity index (χ0) is 12.0. The van der Waals surface area contributed by atoms with E-state index in [1.54, 1.807) is 12.1 Å². The lowest BCUT2D eigenvalue weighted by molar-refractivity contribution is 0.0596. The van der Waals surface area contributed by atoms with Crippen molar-refractivity contribution in [3.05, 3.63) is 41.5 Å².